The van der Waals surface area contributed by atoms with E-state index in [4.69, 9.17) is 5.73 Å². The molecule has 0 bridgehead atoms. The van der Waals surface area contributed by atoms with Gasteiger partial charge in [-0.2, -0.15) is 11.8 Å². The molecular weight excluding hydrogens is 268 g/mol. The highest BCUT2D eigenvalue weighted by atomic mass is 35.5. The van der Waals surface area contributed by atoms with Gasteiger partial charge in [-0.3, -0.25) is 4.79 Å². The van der Waals surface area contributed by atoms with Crippen LogP contribution in [0, 0.1) is 11.3 Å². The topological polar surface area (TPSA) is 46.3 Å². The lowest BCUT2D eigenvalue weighted by molar-refractivity contribution is -0.128. The molecule has 0 aliphatic heterocycles. The van der Waals surface area contributed by atoms with E-state index in [1.807, 2.05) is 7.05 Å². The summed E-state index contributed by atoms with van der Waals surface area (Å²) in [4.78, 5) is 13.6. The zero-order valence-corrected chi connectivity index (χ0v) is 14.0. The molecule has 0 aliphatic carbocycles. The van der Waals surface area contributed by atoms with Gasteiger partial charge in [-0.15, -0.1) is 12.4 Å². The first kappa shape index (κ1) is 20.4. The van der Waals surface area contributed by atoms with Gasteiger partial charge >= 0.3 is 0 Å². The fourth-order valence-corrected chi connectivity index (χ4v) is 2.56. The predicted octanol–water partition coefficient (Wildman–Crippen LogP) is 2.63. The molecule has 0 heterocycles. The second kappa shape index (κ2) is 9.93. The quantitative estimate of drug-likeness (QED) is 0.701. The van der Waals surface area contributed by atoms with Crippen molar-refractivity contribution in [3.8, 4) is 0 Å². The Kier molecular flexibility index (Phi) is 11.2. The third-order valence-corrected chi connectivity index (χ3v) is 3.68. The second-order valence-corrected chi connectivity index (χ2v) is 6.96. The zero-order valence-electron chi connectivity index (χ0n) is 12.4. The van der Waals surface area contributed by atoms with E-state index in [0.29, 0.717) is 18.2 Å². The van der Waals surface area contributed by atoms with Crippen molar-refractivity contribution in [2.45, 2.75) is 34.1 Å². The summed E-state index contributed by atoms with van der Waals surface area (Å²) < 4.78 is 0. The summed E-state index contributed by atoms with van der Waals surface area (Å²) in [5.41, 5.74) is 5.67. The number of carbonyl (C=O) groups is 1. The van der Waals surface area contributed by atoms with Gasteiger partial charge in [0.25, 0.3) is 0 Å². The number of hydrogen-bond donors (Lipinski definition) is 1. The molecule has 110 valence electrons. The fraction of sp³-hybridized carbons (Fsp3) is 0.923. The van der Waals surface area contributed by atoms with Crippen molar-refractivity contribution in [1.82, 2.24) is 4.90 Å². The van der Waals surface area contributed by atoms with Crippen molar-refractivity contribution in [1.29, 1.82) is 0 Å². The average Bonchev–Trinajstić information content (AvgIpc) is 2.23. The molecule has 3 nitrogen and oxygen atoms in total. The molecule has 1 amide bonds. The Labute approximate surface area is 123 Å². The highest BCUT2D eigenvalue weighted by Crippen LogP contribution is 2.15. The van der Waals surface area contributed by atoms with Gasteiger partial charge in [0.15, 0.2) is 0 Å². The normalized spacial score (nSPS) is 11.3. The van der Waals surface area contributed by atoms with E-state index in [1.165, 1.54) is 6.42 Å². The van der Waals surface area contributed by atoms with Crippen LogP contribution in [0.15, 0.2) is 0 Å². The Morgan fingerprint density at radius 3 is 2.39 bits per heavy atom. The first-order chi connectivity index (χ1) is 7.78. The maximum absolute atomic E-state index is 11.8. The second-order valence-electron chi connectivity index (χ2n) is 5.85. The molecule has 18 heavy (non-hydrogen) atoms. The van der Waals surface area contributed by atoms with Crippen LogP contribution in [0.5, 0.6) is 0 Å². The van der Waals surface area contributed by atoms with E-state index >= 15 is 0 Å². The Balaban J connectivity index is 0. The monoisotopic (exact) mass is 296 g/mol. The Bertz CT molecular complexity index is 235. The van der Waals surface area contributed by atoms with Gasteiger partial charge in [0.1, 0.15) is 0 Å². The lowest BCUT2D eigenvalue weighted by Gasteiger charge is -2.29. The minimum absolute atomic E-state index is 0. The Hall–Kier alpha value is 0.0700. The summed E-state index contributed by atoms with van der Waals surface area (Å²) in [6.45, 7) is 9.92. The Morgan fingerprint density at radius 1 is 1.39 bits per heavy atom. The van der Waals surface area contributed by atoms with Crippen LogP contribution in [0.2, 0.25) is 0 Å². The number of nitrogens with zero attached hydrogens (tertiary/aromatic N) is 1. The third-order valence-electron chi connectivity index (χ3n) is 2.71. The molecule has 0 saturated heterocycles. The largest absolute Gasteiger partial charge is 0.344 e. The molecule has 0 aromatic heterocycles. The van der Waals surface area contributed by atoms with Crippen LogP contribution in [-0.2, 0) is 4.79 Å². The van der Waals surface area contributed by atoms with E-state index in [0.717, 1.165) is 12.3 Å². The minimum atomic E-state index is 0. The molecule has 0 aromatic rings. The van der Waals surface area contributed by atoms with Gasteiger partial charge < -0.3 is 10.6 Å². The predicted molar refractivity (Wildman–Crippen MR) is 84.5 cm³/mol. The molecule has 2 N–H and O–H groups in total. The summed E-state index contributed by atoms with van der Waals surface area (Å²) in [5.74, 6) is 2.58. The number of thioether (sulfide) groups is 1. The van der Waals surface area contributed by atoms with E-state index in [9.17, 15) is 4.79 Å². The van der Waals surface area contributed by atoms with Crippen molar-refractivity contribution < 1.29 is 4.79 Å². The molecule has 0 aliphatic rings. The molecule has 0 fully saturated rings. The first-order valence-corrected chi connectivity index (χ1v) is 7.46. The van der Waals surface area contributed by atoms with Crippen molar-refractivity contribution in [3.05, 3.63) is 0 Å². The van der Waals surface area contributed by atoms with Crippen LogP contribution in [0.25, 0.3) is 0 Å². The molecule has 0 rings (SSSR count). The molecule has 0 unspecified atom stereocenters. The maximum Gasteiger partial charge on any atom is 0.232 e. The van der Waals surface area contributed by atoms with Crippen LogP contribution in [0.1, 0.15) is 34.1 Å². The van der Waals surface area contributed by atoms with Gasteiger partial charge in [-0.1, -0.05) is 27.7 Å². The molecule has 5 heteroatoms. The number of nitrogens with two attached hydrogens (primary N) is 1. The average molecular weight is 297 g/mol. The van der Waals surface area contributed by atoms with Crippen molar-refractivity contribution >= 4 is 30.1 Å². The maximum atomic E-state index is 11.8. The summed E-state index contributed by atoms with van der Waals surface area (Å²) in [6.07, 6.45) is 1.18. The summed E-state index contributed by atoms with van der Waals surface area (Å²) >= 11 is 1.73. The SMILES string of the molecule is CC(C)CCSCC(=O)N(C)CC(C)(C)CN.Cl. The first-order valence-electron chi connectivity index (χ1n) is 6.30. The summed E-state index contributed by atoms with van der Waals surface area (Å²) in [6, 6.07) is 0. The van der Waals surface area contributed by atoms with E-state index in [2.05, 4.69) is 27.7 Å². The summed E-state index contributed by atoms with van der Waals surface area (Å²) in [7, 11) is 1.86. The fourth-order valence-electron chi connectivity index (χ4n) is 1.38. The van der Waals surface area contributed by atoms with E-state index in [1.54, 1.807) is 16.7 Å². The van der Waals surface area contributed by atoms with Gasteiger partial charge in [0, 0.05) is 13.6 Å². The zero-order chi connectivity index (χ0) is 13.5. The van der Waals surface area contributed by atoms with Gasteiger partial charge in [0.2, 0.25) is 5.91 Å². The summed E-state index contributed by atoms with van der Waals surface area (Å²) in [5, 5.41) is 0. The van der Waals surface area contributed by atoms with Gasteiger partial charge in [-0.05, 0) is 30.1 Å². The molecule has 0 spiro atoms. The highest BCUT2D eigenvalue weighted by molar-refractivity contribution is 7.99. The highest BCUT2D eigenvalue weighted by Gasteiger charge is 2.20. The van der Waals surface area contributed by atoms with Crippen LogP contribution >= 0.6 is 24.2 Å². The number of amides is 1. The van der Waals surface area contributed by atoms with Crippen LogP contribution < -0.4 is 5.73 Å². The molecule has 0 atom stereocenters. The molecular formula is C13H29ClN2OS. The lowest BCUT2D eigenvalue weighted by atomic mass is 9.93. The van der Waals surface area contributed by atoms with E-state index in [-0.39, 0.29) is 23.7 Å². The van der Waals surface area contributed by atoms with Crippen molar-refractivity contribution in [2.75, 3.05) is 31.6 Å². The van der Waals surface area contributed by atoms with Crippen LogP contribution in [0.4, 0.5) is 0 Å². The van der Waals surface area contributed by atoms with Gasteiger partial charge in [0.05, 0.1) is 5.75 Å². The third kappa shape index (κ3) is 10.0. The van der Waals surface area contributed by atoms with Crippen molar-refractivity contribution in [3.63, 3.8) is 0 Å². The standard InChI is InChI=1S/C13H28N2OS.ClH/c1-11(2)6-7-17-8-12(16)15(5)10-13(3,4)9-14;/h11H,6-10,14H2,1-5H3;1H. The number of carbonyl (C=O) groups excluding carboxylic acids is 1. The Morgan fingerprint density at radius 2 is 1.94 bits per heavy atom. The molecule has 0 aromatic carbocycles. The lowest BCUT2D eigenvalue weighted by Crippen LogP contribution is -2.40. The minimum Gasteiger partial charge on any atom is -0.344 e. The van der Waals surface area contributed by atoms with Gasteiger partial charge in [-0.25, -0.2) is 0 Å². The molecule has 0 saturated carbocycles. The van der Waals surface area contributed by atoms with E-state index < -0.39 is 0 Å². The van der Waals surface area contributed by atoms with Crippen LogP contribution in [-0.4, -0.2) is 42.4 Å². The van der Waals surface area contributed by atoms with Crippen molar-refractivity contribution in [2.24, 2.45) is 17.1 Å². The molecule has 0 radical (unpaired) electrons. The van der Waals surface area contributed by atoms with Crippen LogP contribution in [0.3, 0.4) is 0 Å². The number of rotatable bonds is 8. The number of hydrogen-bond acceptors (Lipinski definition) is 3. The smallest absolute Gasteiger partial charge is 0.232 e. The number of halogens is 1.